The molecule has 1 aromatic rings. The molecular formula is C21H31NO3. The van der Waals surface area contributed by atoms with Gasteiger partial charge in [-0.3, -0.25) is 4.79 Å². The van der Waals surface area contributed by atoms with Crippen molar-refractivity contribution in [2.45, 2.75) is 44.4 Å². The van der Waals surface area contributed by atoms with Gasteiger partial charge in [0.2, 0.25) is 0 Å². The summed E-state index contributed by atoms with van der Waals surface area (Å²) in [7, 11) is 1.81. The molecule has 138 valence electrons. The molecule has 1 saturated carbocycles. The number of methoxy groups -OCH3 is 1. The smallest absolute Gasteiger partial charge is 0.304 e. The molecule has 4 nitrogen and oxygen atoms in total. The van der Waals surface area contributed by atoms with E-state index < -0.39 is 5.97 Å². The number of ether oxygens (including phenoxy) is 1. The number of benzene rings is 1. The molecule has 1 heterocycles. The van der Waals surface area contributed by atoms with Crippen LogP contribution < -0.4 is 0 Å². The minimum atomic E-state index is -0.700. The predicted octanol–water partition coefficient (Wildman–Crippen LogP) is 3.77. The highest BCUT2D eigenvalue weighted by molar-refractivity contribution is 5.66. The van der Waals surface area contributed by atoms with E-state index in [1.807, 2.05) is 7.11 Å². The van der Waals surface area contributed by atoms with Crippen molar-refractivity contribution >= 4 is 5.97 Å². The van der Waals surface area contributed by atoms with Crippen molar-refractivity contribution in [1.82, 2.24) is 4.90 Å². The SMILES string of the molecule is COCC1(CC[C@@H]2CC2c2ccccc2)CCN(CCC(=O)O)CC1. The van der Waals surface area contributed by atoms with Crippen LogP contribution in [0.5, 0.6) is 0 Å². The van der Waals surface area contributed by atoms with Crippen LogP contribution >= 0.6 is 0 Å². The number of likely N-dealkylation sites (tertiary alicyclic amines) is 1. The van der Waals surface area contributed by atoms with Crippen molar-refractivity contribution in [3.63, 3.8) is 0 Å². The van der Waals surface area contributed by atoms with Crippen molar-refractivity contribution in [3.8, 4) is 0 Å². The molecule has 1 aromatic carbocycles. The summed E-state index contributed by atoms with van der Waals surface area (Å²) in [5.41, 5.74) is 1.79. The topological polar surface area (TPSA) is 49.8 Å². The van der Waals surface area contributed by atoms with Crippen LogP contribution in [0.25, 0.3) is 0 Å². The zero-order valence-electron chi connectivity index (χ0n) is 15.3. The van der Waals surface area contributed by atoms with Gasteiger partial charge in [-0.25, -0.2) is 0 Å². The van der Waals surface area contributed by atoms with Crippen LogP contribution in [-0.4, -0.2) is 49.3 Å². The number of hydrogen-bond acceptors (Lipinski definition) is 3. The van der Waals surface area contributed by atoms with Crippen LogP contribution in [0.4, 0.5) is 0 Å². The lowest BCUT2D eigenvalue weighted by Crippen LogP contribution is -2.43. The standard InChI is InChI=1S/C21H31NO3/c1-25-16-21(10-13-22(14-11-21)12-8-20(23)24)9-7-18-15-19(18)17-5-3-2-4-6-17/h2-6,18-19H,7-16H2,1H3,(H,23,24)/t18-,19?/m1/s1. The number of piperidine rings is 1. The number of carbonyl (C=O) groups is 1. The van der Waals surface area contributed by atoms with Crippen LogP contribution in [0, 0.1) is 11.3 Å². The second kappa shape index (κ2) is 8.33. The molecule has 2 aliphatic rings. The zero-order valence-corrected chi connectivity index (χ0v) is 15.3. The summed E-state index contributed by atoms with van der Waals surface area (Å²) < 4.78 is 5.57. The van der Waals surface area contributed by atoms with Gasteiger partial charge in [0.05, 0.1) is 13.0 Å². The van der Waals surface area contributed by atoms with E-state index >= 15 is 0 Å². The summed E-state index contributed by atoms with van der Waals surface area (Å²) in [6.07, 6.45) is 6.36. The van der Waals surface area contributed by atoms with Crippen LogP contribution in [0.1, 0.15) is 50.0 Å². The Morgan fingerprint density at radius 3 is 2.64 bits per heavy atom. The second-order valence-electron chi connectivity index (χ2n) is 7.97. The van der Waals surface area contributed by atoms with Gasteiger partial charge in [-0.15, -0.1) is 0 Å². The Hall–Kier alpha value is -1.39. The van der Waals surface area contributed by atoms with Crippen molar-refractivity contribution < 1.29 is 14.6 Å². The fraction of sp³-hybridized carbons (Fsp3) is 0.667. The molecule has 0 spiro atoms. The monoisotopic (exact) mass is 345 g/mol. The van der Waals surface area contributed by atoms with E-state index in [1.165, 1.54) is 24.8 Å². The van der Waals surface area contributed by atoms with Gasteiger partial charge in [0.15, 0.2) is 0 Å². The van der Waals surface area contributed by atoms with E-state index in [0.717, 1.165) is 44.4 Å². The van der Waals surface area contributed by atoms with Gasteiger partial charge in [-0.2, -0.15) is 0 Å². The average Bonchev–Trinajstić information content (AvgIpc) is 3.40. The van der Waals surface area contributed by atoms with Crippen molar-refractivity contribution in [1.29, 1.82) is 0 Å². The van der Waals surface area contributed by atoms with E-state index in [0.29, 0.717) is 6.54 Å². The summed E-state index contributed by atoms with van der Waals surface area (Å²) in [5.74, 6) is 0.895. The van der Waals surface area contributed by atoms with Crippen LogP contribution in [0.2, 0.25) is 0 Å². The molecule has 1 aliphatic heterocycles. The molecule has 1 N–H and O–H groups in total. The van der Waals surface area contributed by atoms with Gasteiger partial charge in [0, 0.05) is 13.7 Å². The van der Waals surface area contributed by atoms with Crippen LogP contribution in [0.3, 0.4) is 0 Å². The first-order valence-electron chi connectivity index (χ1n) is 9.60. The molecule has 0 amide bonds. The fourth-order valence-electron chi connectivity index (χ4n) is 4.44. The molecule has 3 rings (SSSR count). The Morgan fingerprint density at radius 1 is 1.28 bits per heavy atom. The van der Waals surface area contributed by atoms with Gasteiger partial charge in [-0.1, -0.05) is 30.3 Å². The van der Waals surface area contributed by atoms with Crippen LogP contribution in [0.15, 0.2) is 30.3 Å². The zero-order chi connectivity index (χ0) is 17.7. The third-order valence-electron chi connectivity index (χ3n) is 6.20. The maximum atomic E-state index is 10.8. The first kappa shape index (κ1) is 18.4. The molecule has 2 fully saturated rings. The van der Waals surface area contributed by atoms with E-state index in [9.17, 15) is 4.79 Å². The quantitative estimate of drug-likeness (QED) is 0.740. The molecule has 1 unspecified atom stereocenters. The summed E-state index contributed by atoms with van der Waals surface area (Å²) in [6.45, 7) is 3.52. The largest absolute Gasteiger partial charge is 0.481 e. The molecule has 4 heteroatoms. The van der Waals surface area contributed by atoms with E-state index in [1.54, 1.807) is 0 Å². The Morgan fingerprint density at radius 2 is 2.00 bits per heavy atom. The van der Waals surface area contributed by atoms with Gasteiger partial charge in [0.25, 0.3) is 0 Å². The number of carboxylic acid groups (broad SMARTS) is 1. The highest BCUT2D eigenvalue weighted by Crippen LogP contribution is 2.52. The number of nitrogens with zero attached hydrogens (tertiary/aromatic N) is 1. The van der Waals surface area contributed by atoms with Crippen LogP contribution in [-0.2, 0) is 9.53 Å². The maximum absolute atomic E-state index is 10.8. The molecule has 0 radical (unpaired) electrons. The lowest BCUT2D eigenvalue weighted by molar-refractivity contribution is -0.137. The van der Waals surface area contributed by atoms with E-state index in [-0.39, 0.29) is 11.8 Å². The van der Waals surface area contributed by atoms with E-state index in [4.69, 9.17) is 9.84 Å². The number of hydrogen-bond donors (Lipinski definition) is 1. The summed E-state index contributed by atoms with van der Waals surface area (Å²) in [5, 5.41) is 8.86. The van der Waals surface area contributed by atoms with Gasteiger partial charge in [-0.05, 0) is 68.0 Å². The van der Waals surface area contributed by atoms with Crippen molar-refractivity contribution in [2.24, 2.45) is 11.3 Å². The number of aliphatic carboxylic acids is 1. The Labute approximate surface area is 151 Å². The third kappa shape index (κ3) is 5.05. The maximum Gasteiger partial charge on any atom is 0.304 e. The molecule has 1 aliphatic carbocycles. The molecular weight excluding hydrogens is 314 g/mol. The molecule has 2 atom stereocenters. The second-order valence-corrected chi connectivity index (χ2v) is 7.97. The van der Waals surface area contributed by atoms with Gasteiger partial charge in [0.1, 0.15) is 0 Å². The van der Waals surface area contributed by atoms with Crippen molar-refractivity contribution in [2.75, 3.05) is 33.4 Å². The summed E-state index contributed by atoms with van der Waals surface area (Å²) >= 11 is 0. The summed E-state index contributed by atoms with van der Waals surface area (Å²) in [4.78, 5) is 13.1. The average molecular weight is 345 g/mol. The predicted molar refractivity (Wildman–Crippen MR) is 98.8 cm³/mol. The molecule has 1 saturated heterocycles. The third-order valence-corrected chi connectivity index (χ3v) is 6.20. The minimum absolute atomic E-state index is 0.248. The van der Waals surface area contributed by atoms with Gasteiger partial charge < -0.3 is 14.7 Å². The lowest BCUT2D eigenvalue weighted by Gasteiger charge is -2.41. The Bertz CT molecular complexity index is 552. The summed E-state index contributed by atoms with van der Waals surface area (Å²) in [6, 6.07) is 10.9. The highest BCUT2D eigenvalue weighted by Gasteiger charge is 2.41. The van der Waals surface area contributed by atoms with Gasteiger partial charge >= 0.3 is 5.97 Å². The number of carboxylic acids is 1. The Balaban J connectivity index is 1.47. The minimum Gasteiger partial charge on any atom is -0.481 e. The first-order chi connectivity index (χ1) is 12.1. The molecule has 0 aromatic heterocycles. The normalized spacial score (nSPS) is 25.6. The lowest BCUT2D eigenvalue weighted by atomic mass is 9.74. The molecule has 0 bridgehead atoms. The highest BCUT2D eigenvalue weighted by atomic mass is 16.5. The van der Waals surface area contributed by atoms with E-state index in [2.05, 4.69) is 35.2 Å². The Kier molecular flexibility index (Phi) is 6.13. The first-order valence-corrected chi connectivity index (χ1v) is 9.60. The molecule has 25 heavy (non-hydrogen) atoms. The number of rotatable bonds is 9. The van der Waals surface area contributed by atoms with Crippen molar-refractivity contribution in [3.05, 3.63) is 35.9 Å². The fourth-order valence-corrected chi connectivity index (χ4v) is 4.44.